The third-order valence-electron chi connectivity index (χ3n) is 5.14. The van der Waals surface area contributed by atoms with E-state index in [-0.39, 0.29) is 19.6 Å². The van der Waals surface area contributed by atoms with Gasteiger partial charge in [-0.25, -0.2) is 8.78 Å². The minimum Gasteiger partial charge on any atom is -0.390 e. The highest BCUT2D eigenvalue weighted by atomic mass is 32.2. The average molecular weight is 395 g/mol. The monoisotopic (exact) mass is 395 g/mol. The van der Waals surface area contributed by atoms with Crippen molar-refractivity contribution in [3.8, 4) is 11.3 Å². The Hall–Kier alpha value is -2.26. The van der Waals surface area contributed by atoms with Gasteiger partial charge >= 0.3 is 10.2 Å². The molecule has 2 aliphatic rings. The van der Waals surface area contributed by atoms with Gasteiger partial charge < -0.3 is 5.11 Å². The second kappa shape index (κ2) is 5.87. The molecular weight excluding hydrogens is 376 g/mol. The molecule has 1 atom stereocenters. The average Bonchev–Trinajstić information content (AvgIpc) is 3.19. The van der Waals surface area contributed by atoms with Crippen molar-refractivity contribution < 1.29 is 22.3 Å². The maximum Gasteiger partial charge on any atom is 0.326 e. The zero-order chi connectivity index (χ0) is 19.6. The highest BCUT2D eigenvalue weighted by molar-refractivity contribution is 7.94. The van der Waals surface area contributed by atoms with Crippen molar-refractivity contribution in [2.24, 2.45) is 5.92 Å². The van der Waals surface area contributed by atoms with E-state index in [1.165, 1.54) is 7.05 Å². The Bertz CT molecular complexity index is 1030. The molecule has 1 N–H and O–H groups in total. The molecule has 6 nitrogen and oxygen atoms in total. The fourth-order valence-corrected chi connectivity index (χ4v) is 4.80. The second-order valence-electron chi connectivity index (χ2n) is 7.00. The summed E-state index contributed by atoms with van der Waals surface area (Å²) in [5.41, 5.74) is 3.54. The Morgan fingerprint density at radius 3 is 2.59 bits per heavy atom. The molecule has 1 aromatic carbocycles. The molecule has 0 saturated heterocycles. The van der Waals surface area contributed by atoms with Crippen molar-refractivity contribution >= 4 is 21.6 Å². The smallest absolute Gasteiger partial charge is 0.326 e. The second-order valence-corrected chi connectivity index (χ2v) is 8.88. The summed E-state index contributed by atoms with van der Waals surface area (Å²) >= 11 is 0. The molecule has 4 rings (SSSR count). The molecule has 1 fully saturated rings. The maximum atomic E-state index is 13.3. The van der Waals surface area contributed by atoms with Crippen molar-refractivity contribution in [2.45, 2.75) is 25.9 Å². The summed E-state index contributed by atoms with van der Waals surface area (Å²) in [6.07, 6.45) is -0.285. The number of anilines is 2. The van der Waals surface area contributed by atoms with Crippen LogP contribution in [0, 0.1) is 12.8 Å². The molecule has 2 heterocycles. The summed E-state index contributed by atoms with van der Waals surface area (Å²) < 4.78 is 54.2. The Labute approximate surface area is 156 Å². The molecule has 27 heavy (non-hydrogen) atoms. The van der Waals surface area contributed by atoms with Crippen LogP contribution in [0.1, 0.15) is 17.7 Å². The Kier molecular flexibility index (Phi) is 3.94. The number of halogens is 2. The van der Waals surface area contributed by atoms with E-state index in [1.54, 1.807) is 24.3 Å². The summed E-state index contributed by atoms with van der Waals surface area (Å²) in [5.74, 6) is -3.74. The molecule has 0 amide bonds. The van der Waals surface area contributed by atoms with Gasteiger partial charge in [-0.05, 0) is 30.7 Å². The van der Waals surface area contributed by atoms with Gasteiger partial charge in [0.05, 0.1) is 29.4 Å². The Morgan fingerprint density at radius 1 is 1.26 bits per heavy atom. The zero-order valence-electron chi connectivity index (χ0n) is 14.9. The van der Waals surface area contributed by atoms with E-state index in [1.807, 2.05) is 13.0 Å². The van der Waals surface area contributed by atoms with E-state index in [0.717, 1.165) is 14.2 Å². The molecule has 0 bridgehead atoms. The predicted octanol–water partition coefficient (Wildman–Crippen LogP) is 2.71. The lowest BCUT2D eigenvalue weighted by Gasteiger charge is -2.18. The first-order chi connectivity index (χ1) is 12.6. The van der Waals surface area contributed by atoms with Gasteiger partial charge in [0.25, 0.3) is 5.92 Å². The molecule has 1 aromatic heterocycles. The summed E-state index contributed by atoms with van der Waals surface area (Å²) in [6.45, 7) is 1.44. The number of benzene rings is 1. The molecule has 1 saturated carbocycles. The van der Waals surface area contributed by atoms with Gasteiger partial charge in [0.2, 0.25) is 0 Å². The van der Waals surface area contributed by atoms with E-state index in [9.17, 15) is 22.3 Å². The number of hydrogen-bond acceptors (Lipinski definition) is 4. The van der Waals surface area contributed by atoms with Gasteiger partial charge in [0, 0.05) is 31.5 Å². The van der Waals surface area contributed by atoms with Gasteiger partial charge in [-0.2, -0.15) is 8.42 Å². The van der Waals surface area contributed by atoms with E-state index in [2.05, 4.69) is 4.98 Å². The van der Waals surface area contributed by atoms with Crippen LogP contribution in [0.3, 0.4) is 0 Å². The van der Waals surface area contributed by atoms with Crippen LogP contribution in [0.15, 0.2) is 30.3 Å². The topological polar surface area (TPSA) is 73.7 Å². The van der Waals surface area contributed by atoms with Gasteiger partial charge in [0.15, 0.2) is 0 Å². The molecule has 1 aliphatic heterocycles. The molecule has 9 heteroatoms. The summed E-state index contributed by atoms with van der Waals surface area (Å²) in [5, 5.41) is 9.31. The summed E-state index contributed by atoms with van der Waals surface area (Å²) in [7, 11) is -2.47. The minimum absolute atomic E-state index is 0.199. The number of aryl methyl sites for hydroxylation is 1. The van der Waals surface area contributed by atoms with Gasteiger partial charge in [-0.1, -0.05) is 12.1 Å². The molecular formula is C18H19F2N3O3S. The first-order valence-electron chi connectivity index (χ1n) is 8.51. The van der Waals surface area contributed by atoms with Crippen LogP contribution in [0.5, 0.6) is 0 Å². The molecule has 144 valence electrons. The van der Waals surface area contributed by atoms with E-state index >= 15 is 0 Å². The summed E-state index contributed by atoms with van der Waals surface area (Å²) in [6, 6.07) is 8.60. The third-order valence-corrected chi connectivity index (χ3v) is 6.93. The number of pyridine rings is 1. The Balaban J connectivity index is 1.76. The highest BCUT2D eigenvalue weighted by Crippen LogP contribution is 2.51. The standard InChI is InChI=1S/C18H19F2N3O3S/c1-11-3-5-14(10-24)21-17(11)12-4-6-15-16(7-12)22(2)27(25,26)23(15)9-13-8-18(13,19)20/h3-7,13,24H,8-10H2,1-2H3. The molecule has 1 unspecified atom stereocenters. The van der Waals surface area contributed by atoms with Crippen LogP contribution in [-0.4, -0.2) is 38.0 Å². The van der Waals surface area contributed by atoms with Crippen LogP contribution < -0.4 is 8.61 Å². The van der Waals surface area contributed by atoms with Gasteiger partial charge in [-0.3, -0.25) is 13.6 Å². The third kappa shape index (κ3) is 2.85. The number of aliphatic hydroxyl groups is 1. The fourth-order valence-electron chi connectivity index (χ4n) is 3.34. The first kappa shape index (κ1) is 18.1. The Morgan fingerprint density at radius 2 is 1.96 bits per heavy atom. The predicted molar refractivity (Wildman–Crippen MR) is 98.1 cm³/mol. The molecule has 2 aromatic rings. The van der Waals surface area contributed by atoms with Crippen LogP contribution >= 0.6 is 0 Å². The molecule has 0 radical (unpaired) electrons. The number of rotatable bonds is 4. The molecule has 1 aliphatic carbocycles. The number of aliphatic hydroxyl groups excluding tert-OH is 1. The lowest BCUT2D eigenvalue weighted by atomic mass is 10.0. The maximum absolute atomic E-state index is 13.3. The van der Waals surface area contributed by atoms with Crippen LogP contribution in [0.2, 0.25) is 0 Å². The van der Waals surface area contributed by atoms with E-state index in [4.69, 9.17) is 0 Å². The van der Waals surface area contributed by atoms with Crippen molar-refractivity contribution in [3.63, 3.8) is 0 Å². The van der Waals surface area contributed by atoms with Crippen LogP contribution in [0.25, 0.3) is 11.3 Å². The van der Waals surface area contributed by atoms with Crippen LogP contribution in [0.4, 0.5) is 20.2 Å². The number of nitrogens with zero attached hydrogens (tertiary/aromatic N) is 3. The highest BCUT2D eigenvalue weighted by Gasteiger charge is 2.59. The zero-order valence-corrected chi connectivity index (χ0v) is 15.7. The normalized spacial score (nSPS) is 22.0. The number of hydrogen-bond donors (Lipinski definition) is 1. The van der Waals surface area contributed by atoms with Crippen molar-refractivity contribution in [3.05, 3.63) is 41.6 Å². The number of aromatic nitrogens is 1. The van der Waals surface area contributed by atoms with Gasteiger partial charge in [0.1, 0.15) is 0 Å². The largest absolute Gasteiger partial charge is 0.390 e. The quantitative estimate of drug-likeness (QED) is 0.864. The number of fused-ring (bicyclic) bond motifs is 1. The molecule has 0 spiro atoms. The van der Waals surface area contributed by atoms with Gasteiger partial charge in [-0.15, -0.1) is 0 Å². The SMILES string of the molecule is Cc1ccc(CO)nc1-c1ccc2c(c1)N(C)S(=O)(=O)N2CC1CC1(F)F. The van der Waals surface area contributed by atoms with Crippen molar-refractivity contribution in [2.75, 3.05) is 22.2 Å². The summed E-state index contributed by atoms with van der Waals surface area (Å²) in [4.78, 5) is 4.41. The van der Waals surface area contributed by atoms with Crippen LogP contribution in [-0.2, 0) is 16.8 Å². The fraction of sp³-hybridized carbons (Fsp3) is 0.389. The van der Waals surface area contributed by atoms with Crippen molar-refractivity contribution in [1.82, 2.24) is 4.98 Å². The van der Waals surface area contributed by atoms with E-state index in [0.29, 0.717) is 28.3 Å². The minimum atomic E-state index is -3.88. The van der Waals surface area contributed by atoms with E-state index < -0.39 is 22.0 Å². The van der Waals surface area contributed by atoms with Crippen molar-refractivity contribution in [1.29, 1.82) is 0 Å². The number of alkyl halides is 2. The lowest BCUT2D eigenvalue weighted by Crippen LogP contribution is -2.37. The first-order valence-corrected chi connectivity index (χ1v) is 9.91. The lowest BCUT2D eigenvalue weighted by molar-refractivity contribution is 0.101.